The molecular weight excluding hydrogens is 322 g/mol. The second-order valence-electron chi connectivity index (χ2n) is 5.24. The summed E-state index contributed by atoms with van der Waals surface area (Å²) in [6.07, 6.45) is 2.76. The molecule has 0 aromatic heterocycles. The Morgan fingerprint density at radius 3 is 2.48 bits per heavy atom. The van der Waals surface area contributed by atoms with Gasteiger partial charge in [-0.25, -0.2) is 9.59 Å². The van der Waals surface area contributed by atoms with E-state index < -0.39 is 23.9 Å². The summed E-state index contributed by atoms with van der Waals surface area (Å²) in [5, 5.41) is 4.37. The number of amides is 1. The van der Waals surface area contributed by atoms with Crippen molar-refractivity contribution in [2.45, 2.75) is 12.5 Å². The highest BCUT2D eigenvalue weighted by molar-refractivity contribution is 6.08. The first-order valence-corrected chi connectivity index (χ1v) is 7.67. The van der Waals surface area contributed by atoms with Crippen LogP contribution >= 0.6 is 0 Å². The van der Waals surface area contributed by atoms with Crippen LogP contribution in [0, 0.1) is 0 Å². The molecule has 6 heteroatoms. The quantitative estimate of drug-likeness (QED) is 0.644. The average Bonchev–Trinajstić information content (AvgIpc) is 2.65. The zero-order valence-corrected chi connectivity index (χ0v) is 14.0. The summed E-state index contributed by atoms with van der Waals surface area (Å²) in [6.45, 7) is 0. The summed E-state index contributed by atoms with van der Waals surface area (Å²) in [5.41, 5.74) is 0.462. The Bertz CT molecular complexity index is 807. The largest absolute Gasteiger partial charge is 0.467 e. The number of hydrogen-bond donors (Lipinski definition) is 1. The molecule has 0 fully saturated rings. The van der Waals surface area contributed by atoms with Crippen LogP contribution in [0.5, 0.6) is 0 Å². The SMILES string of the molecule is COC(=O)/C=C/C[C@H](NC(=O)c1cccc2ccccc12)C(=O)OC. The highest BCUT2D eigenvalue weighted by Gasteiger charge is 2.21. The molecule has 2 rings (SSSR count). The predicted octanol–water partition coefficient (Wildman–Crippen LogP) is 2.23. The van der Waals surface area contributed by atoms with Crippen molar-refractivity contribution in [3.05, 3.63) is 60.2 Å². The minimum Gasteiger partial charge on any atom is -0.467 e. The zero-order valence-electron chi connectivity index (χ0n) is 14.0. The van der Waals surface area contributed by atoms with E-state index in [1.807, 2.05) is 30.3 Å². The van der Waals surface area contributed by atoms with E-state index in [2.05, 4.69) is 10.1 Å². The maximum Gasteiger partial charge on any atom is 0.330 e. The maximum atomic E-state index is 12.6. The number of fused-ring (bicyclic) bond motifs is 1. The number of nitrogens with one attached hydrogen (secondary N) is 1. The zero-order chi connectivity index (χ0) is 18.2. The van der Waals surface area contributed by atoms with Gasteiger partial charge < -0.3 is 14.8 Å². The summed E-state index contributed by atoms with van der Waals surface area (Å²) in [6, 6.07) is 11.9. The first-order chi connectivity index (χ1) is 12.1. The van der Waals surface area contributed by atoms with Crippen LogP contribution < -0.4 is 5.32 Å². The third-order valence-electron chi connectivity index (χ3n) is 3.65. The van der Waals surface area contributed by atoms with Crippen molar-refractivity contribution < 1.29 is 23.9 Å². The second-order valence-corrected chi connectivity index (χ2v) is 5.24. The molecule has 2 aromatic carbocycles. The van der Waals surface area contributed by atoms with Gasteiger partial charge in [0.25, 0.3) is 5.91 Å². The molecule has 0 aliphatic carbocycles. The molecule has 0 heterocycles. The normalized spacial score (nSPS) is 11.9. The van der Waals surface area contributed by atoms with Gasteiger partial charge in [0.2, 0.25) is 0 Å². The fraction of sp³-hybridized carbons (Fsp3) is 0.211. The van der Waals surface area contributed by atoms with E-state index in [-0.39, 0.29) is 6.42 Å². The summed E-state index contributed by atoms with van der Waals surface area (Å²) >= 11 is 0. The van der Waals surface area contributed by atoms with Crippen molar-refractivity contribution in [1.29, 1.82) is 0 Å². The average molecular weight is 341 g/mol. The van der Waals surface area contributed by atoms with E-state index >= 15 is 0 Å². The third kappa shape index (κ3) is 4.67. The summed E-state index contributed by atoms with van der Waals surface area (Å²) in [5.74, 6) is -1.52. The standard InChI is InChI=1S/C19H19NO5/c1-24-17(21)12-6-11-16(19(23)25-2)20-18(22)15-10-5-8-13-7-3-4-9-14(13)15/h3-10,12,16H,11H2,1-2H3,(H,20,22)/b12-6+/t16-/m0/s1. The first-order valence-electron chi connectivity index (χ1n) is 7.67. The Labute approximate surface area is 145 Å². The summed E-state index contributed by atoms with van der Waals surface area (Å²) in [7, 11) is 2.50. The van der Waals surface area contributed by atoms with Gasteiger partial charge in [0.05, 0.1) is 14.2 Å². The van der Waals surface area contributed by atoms with E-state index in [1.165, 1.54) is 26.4 Å². The molecule has 0 unspecified atom stereocenters. The molecule has 0 bridgehead atoms. The number of esters is 2. The van der Waals surface area contributed by atoms with Crippen molar-refractivity contribution in [3.63, 3.8) is 0 Å². The minimum absolute atomic E-state index is 0.109. The topological polar surface area (TPSA) is 81.7 Å². The van der Waals surface area contributed by atoms with Crippen molar-refractivity contribution in [2.24, 2.45) is 0 Å². The van der Waals surface area contributed by atoms with E-state index in [0.29, 0.717) is 5.56 Å². The molecule has 0 aliphatic heterocycles. The molecule has 0 saturated heterocycles. The van der Waals surface area contributed by atoms with E-state index in [0.717, 1.165) is 10.8 Å². The number of carbonyl (C=O) groups is 3. The Hall–Kier alpha value is -3.15. The monoisotopic (exact) mass is 341 g/mol. The first kappa shape index (κ1) is 18.2. The smallest absolute Gasteiger partial charge is 0.330 e. The predicted molar refractivity (Wildman–Crippen MR) is 93.0 cm³/mol. The van der Waals surface area contributed by atoms with Crippen LogP contribution in [0.2, 0.25) is 0 Å². The molecule has 1 amide bonds. The van der Waals surface area contributed by atoms with Gasteiger partial charge >= 0.3 is 11.9 Å². The van der Waals surface area contributed by atoms with Crippen LogP contribution in [-0.4, -0.2) is 38.1 Å². The lowest BCUT2D eigenvalue weighted by Gasteiger charge is -2.15. The minimum atomic E-state index is -0.905. The van der Waals surface area contributed by atoms with Crippen LogP contribution in [0.1, 0.15) is 16.8 Å². The van der Waals surface area contributed by atoms with E-state index in [1.54, 1.807) is 12.1 Å². The molecule has 1 atom stereocenters. The Kier molecular flexibility index (Phi) is 6.28. The molecular formula is C19H19NO5. The molecule has 6 nitrogen and oxygen atoms in total. The lowest BCUT2D eigenvalue weighted by Crippen LogP contribution is -2.41. The van der Waals surface area contributed by atoms with Crippen LogP contribution in [0.4, 0.5) is 0 Å². The number of rotatable bonds is 6. The second kappa shape index (κ2) is 8.63. The van der Waals surface area contributed by atoms with Crippen LogP contribution in [0.3, 0.4) is 0 Å². The van der Waals surface area contributed by atoms with Crippen LogP contribution in [0.15, 0.2) is 54.6 Å². The highest BCUT2D eigenvalue weighted by atomic mass is 16.5. The maximum absolute atomic E-state index is 12.6. The Balaban J connectivity index is 2.19. The Morgan fingerprint density at radius 1 is 1.04 bits per heavy atom. The lowest BCUT2D eigenvalue weighted by molar-refractivity contribution is -0.143. The number of hydrogen-bond acceptors (Lipinski definition) is 5. The number of carbonyl (C=O) groups excluding carboxylic acids is 3. The molecule has 1 N–H and O–H groups in total. The van der Waals surface area contributed by atoms with Crippen molar-refractivity contribution >= 4 is 28.6 Å². The number of methoxy groups -OCH3 is 2. The number of benzene rings is 2. The fourth-order valence-corrected chi connectivity index (χ4v) is 2.38. The van der Waals surface area contributed by atoms with Gasteiger partial charge in [0.15, 0.2) is 0 Å². The van der Waals surface area contributed by atoms with Gasteiger partial charge in [-0.15, -0.1) is 0 Å². The highest BCUT2D eigenvalue weighted by Crippen LogP contribution is 2.18. The van der Waals surface area contributed by atoms with Gasteiger partial charge in [-0.05, 0) is 23.3 Å². The van der Waals surface area contributed by atoms with Crippen LogP contribution in [0.25, 0.3) is 10.8 Å². The summed E-state index contributed by atoms with van der Waals surface area (Å²) in [4.78, 5) is 35.6. The molecule has 130 valence electrons. The van der Waals surface area contributed by atoms with Crippen LogP contribution in [-0.2, 0) is 19.1 Å². The molecule has 0 aliphatic rings. The molecule has 0 saturated carbocycles. The van der Waals surface area contributed by atoms with Crippen molar-refractivity contribution in [2.75, 3.05) is 14.2 Å². The lowest BCUT2D eigenvalue weighted by atomic mass is 10.0. The van der Waals surface area contributed by atoms with Gasteiger partial charge in [0.1, 0.15) is 6.04 Å². The van der Waals surface area contributed by atoms with E-state index in [9.17, 15) is 14.4 Å². The summed E-state index contributed by atoms with van der Waals surface area (Å²) < 4.78 is 9.20. The molecule has 0 radical (unpaired) electrons. The fourth-order valence-electron chi connectivity index (χ4n) is 2.38. The molecule has 2 aromatic rings. The number of ether oxygens (including phenoxy) is 2. The van der Waals surface area contributed by atoms with Gasteiger partial charge in [0, 0.05) is 11.6 Å². The molecule has 0 spiro atoms. The van der Waals surface area contributed by atoms with Crippen molar-refractivity contribution in [3.8, 4) is 0 Å². The van der Waals surface area contributed by atoms with Crippen molar-refractivity contribution in [1.82, 2.24) is 5.32 Å². The van der Waals surface area contributed by atoms with Gasteiger partial charge in [-0.2, -0.15) is 0 Å². The Morgan fingerprint density at radius 2 is 1.76 bits per heavy atom. The van der Waals surface area contributed by atoms with Gasteiger partial charge in [-0.1, -0.05) is 42.5 Å². The molecule has 25 heavy (non-hydrogen) atoms. The van der Waals surface area contributed by atoms with E-state index in [4.69, 9.17) is 4.74 Å². The van der Waals surface area contributed by atoms with Gasteiger partial charge in [-0.3, -0.25) is 4.79 Å². The third-order valence-corrected chi connectivity index (χ3v) is 3.65.